The van der Waals surface area contributed by atoms with Gasteiger partial charge in [-0.15, -0.1) is 0 Å². The molecule has 0 heterocycles. The van der Waals surface area contributed by atoms with Gasteiger partial charge < -0.3 is 0 Å². The lowest BCUT2D eigenvalue weighted by Gasteiger charge is -2.21. The van der Waals surface area contributed by atoms with E-state index < -0.39 is 0 Å². The van der Waals surface area contributed by atoms with Crippen molar-refractivity contribution in [1.82, 2.24) is 0 Å². The highest BCUT2D eigenvalue weighted by molar-refractivity contribution is 5.13. The van der Waals surface area contributed by atoms with Crippen LogP contribution in [0.4, 0.5) is 0 Å². The summed E-state index contributed by atoms with van der Waals surface area (Å²) in [6.45, 7) is 2.28. The summed E-state index contributed by atoms with van der Waals surface area (Å²) < 4.78 is 0. The summed E-state index contributed by atoms with van der Waals surface area (Å²) in [6, 6.07) is 0. The highest BCUT2D eigenvalue weighted by Gasteiger charge is 2.35. The third kappa shape index (κ3) is 0.902. The van der Waals surface area contributed by atoms with Gasteiger partial charge in [0.05, 0.1) is 0 Å². The monoisotopic (exact) mass is 136 g/mol. The summed E-state index contributed by atoms with van der Waals surface area (Å²) in [5, 5.41) is 0. The Bertz CT molecular complexity index is 159. The number of hydrogen-bond donors (Lipinski definition) is 0. The van der Waals surface area contributed by atoms with Crippen molar-refractivity contribution in [2.75, 3.05) is 0 Å². The quantitative estimate of drug-likeness (QED) is 0.448. The van der Waals surface area contributed by atoms with E-state index in [0.717, 1.165) is 5.41 Å². The molecule has 2 aliphatic carbocycles. The molecular formula is C10H16. The Morgan fingerprint density at radius 2 is 2.00 bits per heavy atom. The van der Waals surface area contributed by atoms with Crippen molar-refractivity contribution in [3.63, 3.8) is 0 Å². The molecule has 0 bridgehead atoms. The molecule has 56 valence electrons. The van der Waals surface area contributed by atoms with Gasteiger partial charge >= 0.3 is 0 Å². The van der Waals surface area contributed by atoms with Crippen molar-refractivity contribution >= 4 is 0 Å². The van der Waals surface area contributed by atoms with E-state index in [1.54, 1.807) is 5.57 Å². The van der Waals surface area contributed by atoms with E-state index >= 15 is 0 Å². The normalized spacial score (nSPS) is 29.5. The maximum Gasteiger partial charge on any atom is -0.0226 e. The van der Waals surface area contributed by atoms with Gasteiger partial charge in [0.1, 0.15) is 0 Å². The Morgan fingerprint density at radius 1 is 1.30 bits per heavy atom. The fourth-order valence-electron chi connectivity index (χ4n) is 2.63. The average Bonchev–Trinajstić information content (AvgIpc) is 2.46. The van der Waals surface area contributed by atoms with Gasteiger partial charge in [-0.3, -0.25) is 0 Å². The maximum atomic E-state index is 2.45. The Labute approximate surface area is 63.3 Å². The third-order valence-corrected chi connectivity index (χ3v) is 3.20. The van der Waals surface area contributed by atoms with Gasteiger partial charge in [-0.1, -0.05) is 24.5 Å². The first-order chi connectivity index (χ1) is 4.81. The van der Waals surface area contributed by atoms with Crippen LogP contribution in [0.2, 0.25) is 0 Å². The van der Waals surface area contributed by atoms with Gasteiger partial charge in [0.15, 0.2) is 0 Å². The molecule has 0 aromatic carbocycles. The van der Waals surface area contributed by atoms with E-state index in [9.17, 15) is 0 Å². The standard InChI is InChI=1S/C10H16/c1-9-4-7-10(8-9)5-2-3-6-10/h4H,2-3,5-8H2,1H3. The maximum absolute atomic E-state index is 2.45. The SMILES string of the molecule is CC1=CCC2(CCCC2)C1. The first kappa shape index (κ1) is 6.45. The minimum Gasteiger partial charge on any atom is -0.0850 e. The van der Waals surface area contributed by atoms with Gasteiger partial charge in [-0.2, -0.15) is 0 Å². The molecule has 0 aromatic heterocycles. The molecule has 0 amide bonds. The molecule has 0 N–H and O–H groups in total. The summed E-state index contributed by atoms with van der Waals surface area (Å²) in [7, 11) is 0. The minimum absolute atomic E-state index is 0.768. The predicted octanol–water partition coefficient (Wildman–Crippen LogP) is 3.29. The summed E-state index contributed by atoms with van der Waals surface area (Å²) in [5.74, 6) is 0. The van der Waals surface area contributed by atoms with Crippen LogP contribution < -0.4 is 0 Å². The van der Waals surface area contributed by atoms with Gasteiger partial charge in [0.25, 0.3) is 0 Å². The first-order valence-corrected chi connectivity index (χ1v) is 4.46. The van der Waals surface area contributed by atoms with E-state index in [4.69, 9.17) is 0 Å². The third-order valence-electron chi connectivity index (χ3n) is 3.20. The molecule has 2 rings (SSSR count). The van der Waals surface area contributed by atoms with Gasteiger partial charge in [0, 0.05) is 0 Å². The molecule has 0 atom stereocenters. The van der Waals surface area contributed by atoms with Crippen molar-refractivity contribution in [2.24, 2.45) is 5.41 Å². The van der Waals surface area contributed by atoms with Crippen molar-refractivity contribution in [1.29, 1.82) is 0 Å². The van der Waals surface area contributed by atoms with Crippen LogP contribution in [0, 0.1) is 5.41 Å². The molecule has 0 aliphatic heterocycles. The highest BCUT2D eigenvalue weighted by Crippen LogP contribution is 2.49. The van der Waals surface area contributed by atoms with Crippen LogP contribution in [0.15, 0.2) is 11.6 Å². The number of allylic oxidation sites excluding steroid dienone is 2. The zero-order chi connectivity index (χ0) is 7.03. The van der Waals surface area contributed by atoms with Crippen LogP contribution in [0.25, 0.3) is 0 Å². The smallest absolute Gasteiger partial charge is 0.0226 e. The van der Waals surface area contributed by atoms with Crippen molar-refractivity contribution in [3.8, 4) is 0 Å². The lowest BCUT2D eigenvalue weighted by molar-refractivity contribution is 0.319. The van der Waals surface area contributed by atoms with Gasteiger partial charge in [0.2, 0.25) is 0 Å². The van der Waals surface area contributed by atoms with E-state index in [2.05, 4.69) is 13.0 Å². The van der Waals surface area contributed by atoms with Crippen molar-refractivity contribution in [2.45, 2.75) is 45.4 Å². The van der Waals surface area contributed by atoms with Crippen LogP contribution in [0.5, 0.6) is 0 Å². The summed E-state index contributed by atoms with van der Waals surface area (Å²) in [6.07, 6.45) is 11.2. The van der Waals surface area contributed by atoms with Crippen LogP contribution >= 0.6 is 0 Å². The highest BCUT2D eigenvalue weighted by atomic mass is 14.4. The fourth-order valence-corrected chi connectivity index (χ4v) is 2.63. The van der Waals surface area contributed by atoms with E-state index in [0.29, 0.717) is 0 Å². The van der Waals surface area contributed by atoms with E-state index in [1.165, 1.54) is 38.5 Å². The van der Waals surface area contributed by atoms with E-state index in [1.807, 2.05) is 0 Å². The molecule has 0 aromatic rings. The molecule has 0 saturated heterocycles. The van der Waals surface area contributed by atoms with Crippen LogP contribution in [-0.4, -0.2) is 0 Å². The Kier molecular flexibility index (Phi) is 1.36. The van der Waals surface area contributed by atoms with Crippen LogP contribution in [-0.2, 0) is 0 Å². The Balaban J connectivity index is 2.07. The van der Waals surface area contributed by atoms with Crippen molar-refractivity contribution < 1.29 is 0 Å². The molecule has 0 heteroatoms. The Morgan fingerprint density at radius 3 is 2.50 bits per heavy atom. The zero-order valence-corrected chi connectivity index (χ0v) is 6.82. The van der Waals surface area contributed by atoms with Crippen LogP contribution in [0.3, 0.4) is 0 Å². The minimum atomic E-state index is 0.768. The molecule has 1 spiro atoms. The molecule has 0 radical (unpaired) electrons. The fraction of sp³-hybridized carbons (Fsp3) is 0.800. The summed E-state index contributed by atoms with van der Waals surface area (Å²) in [4.78, 5) is 0. The molecule has 1 saturated carbocycles. The molecule has 0 nitrogen and oxygen atoms in total. The predicted molar refractivity (Wildman–Crippen MR) is 43.9 cm³/mol. The summed E-state index contributed by atoms with van der Waals surface area (Å²) >= 11 is 0. The summed E-state index contributed by atoms with van der Waals surface area (Å²) in [5.41, 5.74) is 2.41. The van der Waals surface area contributed by atoms with Gasteiger partial charge in [-0.05, 0) is 38.0 Å². The second kappa shape index (κ2) is 2.11. The number of hydrogen-bond acceptors (Lipinski definition) is 0. The lowest BCUT2D eigenvalue weighted by Crippen LogP contribution is -2.10. The zero-order valence-electron chi connectivity index (χ0n) is 6.82. The molecular weight excluding hydrogens is 120 g/mol. The largest absolute Gasteiger partial charge is 0.0850 e. The lowest BCUT2D eigenvalue weighted by atomic mass is 9.83. The molecule has 10 heavy (non-hydrogen) atoms. The first-order valence-electron chi connectivity index (χ1n) is 4.46. The average molecular weight is 136 g/mol. The van der Waals surface area contributed by atoms with Crippen LogP contribution in [0.1, 0.15) is 45.4 Å². The second-order valence-electron chi connectivity index (χ2n) is 4.14. The van der Waals surface area contributed by atoms with Gasteiger partial charge in [-0.25, -0.2) is 0 Å². The molecule has 0 unspecified atom stereocenters. The number of rotatable bonds is 0. The van der Waals surface area contributed by atoms with E-state index in [-0.39, 0.29) is 0 Å². The molecule has 1 fully saturated rings. The Hall–Kier alpha value is -0.260. The van der Waals surface area contributed by atoms with Crippen molar-refractivity contribution in [3.05, 3.63) is 11.6 Å². The topological polar surface area (TPSA) is 0 Å². The second-order valence-corrected chi connectivity index (χ2v) is 4.14. The molecule has 2 aliphatic rings.